The highest BCUT2D eigenvalue weighted by atomic mass is 35.5. The molecule has 2 amide bonds. The van der Waals surface area contributed by atoms with E-state index >= 15 is 0 Å². The molecule has 1 saturated heterocycles. The first-order valence-electron chi connectivity index (χ1n) is 10.5. The molecule has 1 aliphatic heterocycles. The van der Waals surface area contributed by atoms with E-state index in [1.165, 1.54) is 0 Å². The molecular formula is C23H26ClN5O3. The van der Waals surface area contributed by atoms with Crippen LogP contribution in [0.4, 0.5) is 16.3 Å². The zero-order chi connectivity index (χ0) is 22.5. The van der Waals surface area contributed by atoms with Crippen molar-refractivity contribution in [2.24, 2.45) is 0 Å². The summed E-state index contributed by atoms with van der Waals surface area (Å²) in [6, 6.07) is 6.93. The minimum atomic E-state index is -0.212. The van der Waals surface area contributed by atoms with Gasteiger partial charge in [0.1, 0.15) is 12.1 Å². The second kappa shape index (κ2) is 9.91. The Kier molecular flexibility index (Phi) is 6.80. The van der Waals surface area contributed by atoms with Gasteiger partial charge in [-0.3, -0.25) is 0 Å². The fourth-order valence-corrected chi connectivity index (χ4v) is 4.09. The molecule has 2 aromatic rings. The molecule has 8 nitrogen and oxygen atoms in total. The number of carbonyl (C=O) groups is 1. The number of aromatic nitrogens is 2. The van der Waals surface area contributed by atoms with Crippen LogP contribution >= 0.6 is 11.6 Å². The minimum Gasteiger partial charge on any atom is -0.493 e. The smallest absolute Gasteiger partial charge is 0.319 e. The number of ether oxygens (including phenoxy) is 2. The number of hydrogen-bond donors (Lipinski definition) is 2. The molecule has 1 fully saturated rings. The second-order valence-electron chi connectivity index (χ2n) is 7.62. The van der Waals surface area contributed by atoms with Crippen molar-refractivity contribution in [1.82, 2.24) is 15.3 Å². The maximum Gasteiger partial charge on any atom is 0.319 e. The molecule has 0 spiro atoms. The van der Waals surface area contributed by atoms with Crippen molar-refractivity contribution < 1.29 is 14.3 Å². The van der Waals surface area contributed by atoms with Gasteiger partial charge < -0.3 is 25.0 Å². The fraction of sp³-hybridized carbons (Fsp3) is 0.348. The van der Waals surface area contributed by atoms with Crippen molar-refractivity contribution in [3.05, 3.63) is 64.5 Å². The third-order valence-electron chi connectivity index (χ3n) is 5.63. The Labute approximate surface area is 192 Å². The molecule has 1 aromatic heterocycles. The summed E-state index contributed by atoms with van der Waals surface area (Å²) in [7, 11) is 3.24. The van der Waals surface area contributed by atoms with Crippen molar-refractivity contribution in [3.8, 4) is 0 Å². The van der Waals surface area contributed by atoms with E-state index in [1.807, 2.05) is 12.2 Å². The lowest BCUT2D eigenvalue weighted by molar-refractivity contribution is 0.222. The van der Waals surface area contributed by atoms with Gasteiger partial charge in [0.05, 0.1) is 19.9 Å². The van der Waals surface area contributed by atoms with Crippen molar-refractivity contribution >= 4 is 35.2 Å². The van der Waals surface area contributed by atoms with Crippen LogP contribution in [0.5, 0.6) is 0 Å². The lowest BCUT2D eigenvalue weighted by atomic mass is 10.0. The molecule has 2 heterocycles. The molecule has 0 atom stereocenters. The number of fused-ring (bicyclic) bond motifs is 1. The van der Waals surface area contributed by atoms with E-state index in [4.69, 9.17) is 21.1 Å². The predicted octanol–water partition coefficient (Wildman–Crippen LogP) is 3.99. The maximum absolute atomic E-state index is 12.3. The van der Waals surface area contributed by atoms with Crippen LogP contribution in [0.25, 0.3) is 6.08 Å². The first kappa shape index (κ1) is 22.0. The number of allylic oxidation sites excluding steroid dienone is 1. The average Bonchev–Trinajstić information content (AvgIpc) is 3.00. The number of anilines is 2. The van der Waals surface area contributed by atoms with Crippen LogP contribution in [0.2, 0.25) is 5.02 Å². The lowest BCUT2D eigenvalue weighted by Crippen LogP contribution is -2.46. The molecule has 2 N–H and O–H groups in total. The van der Waals surface area contributed by atoms with E-state index in [-0.39, 0.29) is 12.1 Å². The van der Waals surface area contributed by atoms with Gasteiger partial charge in [-0.15, -0.1) is 0 Å². The van der Waals surface area contributed by atoms with Gasteiger partial charge in [0.25, 0.3) is 0 Å². The minimum absolute atomic E-state index is 0.0963. The molecule has 4 rings (SSSR count). The van der Waals surface area contributed by atoms with E-state index in [2.05, 4.69) is 25.5 Å². The van der Waals surface area contributed by atoms with Crippen LogP contribution in [0.1, 0.15) is 24.1 Å². The number of nitrogens with one attached hydrogen (secondary N) is 2. The van der Waals surface area contributed by atoms with Gasteiger partial charge in [-0.2, -0.15) is 0 Å². The third-order valence-corrected chi connectivity index (χ3v) is 5.88. The molecule has 0 unspecified atom stereocenters. The van der Waals surface area contributed by atoms with Crippen molar-refractivity contribution in [2.75, 3.05) is 37.5 Å². The van der Waals surface area contributed by atoms with E-state index in [0.29, 0.717) is 28.6 Å². The largest absolute Gasteiger partial charge is 0.493 e. The Hall–Kier alpha value is -3.26. The zero-order valence-electron chi connectivity index (χ0n) is 18.1. The van der Waals surface area contributed by atoms with Crippen LogP contribution < -0.4 is 15.5 Å². The average molecular weight is 456 g/mol. The van der Waals surface area contributed by atoms with Crippen molar-refractivity contribution in [1.29, 1.82) is 0 Å². The molecular weight excluding hydrogens is 430 g/mol. The summed E-state index contributed by atoms with van der Waals surface area (Å²) in [6.07, 6.45) is 7.76. The van der Waals surface area contributed by atoms with Gasteiger partial charge in [0, 0.05) is 47.9 Å². The Morgan fingerprint density at radius 1 is 1.09 bits per heavy atom. The quantitative estimate of drug-likeness (QED) is 0.708. The number of urea groups is 1. The second-order valence-corrected chi connectivity index (χ2v) is 8.05. The predicted molar refractivity (Wildman–Crippen MR) is 125 cm³/mol. The van der Waals surface area contributed by atoms with Gasteiger partial charge in [-0.05, 0) is 43.2 Å². The number of nitrogens with zero attached hydrogens (tertiary/aromatic N) is 3. The Bertz CT molecular complexity index is 1030. The molecule has 9 heteroatoms. The fourth-order valence-electron chi connectivity index (χ4n) is 3.96. The molecule has 2 aliphatic rings. The Morgan fingerprint density at radius 2 is 1.81 bits per heavy atom. The maximum atomic E-state index is 12.3. The summed E-state index contributed by atoms with van der Waals surface area (Å²) in [5, 5.41) is 6.54. The highest BCUT2D eigenvalue weighted by molar-refractivity contribution is 6.30. The number of benzene rings is 1. The number of rotatable bonds is 5. The van der Waals surface area contributed by atoms with Crippen molar-refractivity contribution in [3.63, 3.8) is 0 Å². The van der Waals surface area contributed by atoms with Crippen molar-refractivity contribution in [2.45, 2.75) is 25.3 Å². The highest BCUT2D eigenvalue weighted by Crippen LogP contribution is 2.29. The summed E-state index contributed by atoms with van der Waals surface area (Å²) in [4.78, 5) is 23.6. The van der Waals surface area contributed by atoms with Crippen LogP contribution in [0.15, 0.2) is 48.2 Å². The molecule has 0 saturated carbocycles. The zero-order valence-corrected chi connectivity index (χ0v) is 18.9. The van der Waals surface area contributed by atoms with E-state index < -0.39 is 0 Å². The molecule has 1 aromatic carbocycles. The molecule has 32 heavy (non-hydrogen) atoms. The van der Waals surface area contributed by atoms with Gasteiger partial charge in [-0.25, -0.2) is 14.8 Å². The standard InChI is InChI=1S/C23H26ClN5O3/c1-31-20-8-7-18-19(13-21(20)32-2)25-14-26-22(18)29-11-9-17(10-12-29)28-23(30)27-16-5-3-15(24)4-6-16/h3-6,8,13-14,17H,7,9-12H2,1-2H3,(H2,27,28,30). The summed E-state index contributed by atoms with van der Waals surface area (Å²) >= 11 is 5.89. The van der Waals surface area contributed by atoms with Crippen LogP contribution in [-0.4, -0.2) is 49.4 Å². The normalized spacial score (nSPS) is 16.3. The third kappa shape index (κ3) is 4.96. The van der Waals surface area contributed by atoms with Gasteiger partial charge in [0.15, 0.2) is 11.5 Å². The van der Waals surface area contributed by atoms with E-state index in [9.17, 15) is 4.79 Å². The van der Waals surface area contributed by atoms with Crippen LogP contribution in [0.3, 0.4) is 0 Å². The van der Waals surface area contributed by atoms with E-state index in [1.54, 1.807) is 44.8 Å². The lowest BCUT2D eigenvalue weighted by Gasteiger charge is -2.34. The Balaban J connectivity index is 1.39. The first-order chi connectivity index (χ1) is 15.6. The highest BCUT2D eigenvalue weighted by Gasteiger charge is 2.25. The van der Waals surface area contributed by atoms with Gasteiger partial charge >= 0.3 is 6.03 Å². The summed E-state index contributed by atoms with van der Waals surface area (Å²) in [5.74, 6) is 2.25. The van der Waals surface area contributed by atoms with Gasteiger partial charge in [-0.1, -0.05) is 11.6 Å². The van der Waals surface area contributed by atoms with E-state index in [0.717, 1.165) is 43.0 Å². The number of hydrogen-bond acceptors (Lipinski definition) is 6. The number of carbonyl (C=O) groups excluding carboxylic acids is 1. The number of piperidine rings is 1. The monoisotopic (exact) mass is 455 g/mol. The number of amides is 2. The van der Waals surface area contributed by atoms with Gasteiger partial charge in [0.2, 0.25) is 0 Å². The number of methoxy groups -OCH3 is 2. The van der Waals surface area contributed by atoms with Crippen LogP contribution in [0, 0.1) is 0 Å². The molecule has 0 radical (unpaired) electrons. The first-order valence-corrected chi connectivity index (χ1v) is 10.9. The SMILES string of the molecule is COC1=CCc2c(ncnc2N2CCC(NC(=O)Nc3ccc(Cl)cc3)CC2)C=C1OC. The summed E-state index contributed by atoms with van der Waals surface area (Å²) in [6.45, 7) is 1.58. The summed E-state index contributed by atoms with van der Waals surface area (Å²) in [5.41, 5.74) is 2.58. The van der Waals surface area contributed by atoms with Crippen LogP contribution in [-0.2, 0) is 15.9 Å². The summed E-state index contributed by atoms with van der Waals surface area (Å²) < 4.78 is 10.9. The molecule has 1 aliphatic carbocycles. The number of halogens is 1. The Morgan fingerprint density at radius 3 is 2.50 bits per heavy atom. The molecule has 0 bridgehead atoms. The molecule has 168 valence electrons. The topological polar surface area (TPSA) is 88.6 Å².